The van der Waals surface area contributed by atoms with Crippen LogP contribution >= 0.6 is 0 Å². The molecule has 6 heteroatoms. The van der Waals surface area contributed by atoms with E-state index < -0.39 is 11.6 Å². The summed E-state index contributed by atoms with van der Waals surface area (Å²) in [5, 5.41) is 0. The van der Waals surface area contributed by atoms with Gasteiger partial charge in [-0.15, -0.1) is 0 Å². The van der Waals surface area contributed by atoms with Crippen molar-refractivity contribution in [3.05, 3.63) is 0 Å². The van der Waals surface area contributed by atoms with E-state index in [9.17, 15) is 9.59 Å². The fourth-order valence-corrected chi connectivity index (χ4v) is 1.04. The van der Waals surface area contributed by atoms with E-state index >= 15 is 0 Å². The molecule has 88 valence electrons. The van der Waals surface area contributed by atoms with Crippen molar-refractivity contribution in [3.8, 4) is 0 Å². The Kier molecular flexibility index (Phi) is 5.24. The molecule has 1 atom stereocenters. The Morgan fingerprint density at radius 2 is 2.00 bits per heavy atom. The van der Waals surface area contributed by atoms with Crippen molar-refractivity contribution in [2.75, 3.05) is 13.6 Å². The van der Waals surface area contributed by atoms with Crippen molar-refractivity contribution in [1.82, 2.24) is 4.90 Å². The van der Waals surface area contributed by atoms with Crippen molar-refractivity contribution in [2.45, 2.75) is 32.2 Å². The third-order valence-electron chi connectivity index (χ3n) is 2.41. The summed E-state index contributed by atoms with van der Waals surface area (Å²) in [6, 6.07) is 0. The molecule has 0 aliphatic carbocycles. The fraction of sp³-hybridized carbons (Fsp3) is 0.778. The van der Waals surface area contributed by atoms with Gasteiger partial charge in [0.25, 0.3) is 0 Å². The van der Waals surface area contributed by atoms with Crippen LogP contribution in [0.5, 0.6) is 0 Å². The summed E-state index contributed by atoms with van der Waals surface area (Å²) >= 11 is 0. The molecule has 0 fully saturated rings. The normalized spacial score (nSPS) is 14.2. The second-order valence-corrected chi connectivity index (χ2v) is 3.88. The number of nitrogens with zero attached hydrogens (tertiary/aromatic N) is 1. The van der Waals surface area contributed by atoms with Crippen molar-refractivity contribution >= 4 is 11.9 Å². The molecule has 15 heavy (non-hydrogen) atoms. The molecule has 1 unspecified atom stereocenters. The minimum Gasteiger partial charge on any atom is -0.357 e. The van der Waals surface area contributed by atoms with Gasteiger partial charge in [-0.3, -0.25) is 4.79 Å². The Bertz CT molecular complexity index is 241. The number of ketones is 1. The Hall–Kier alpha value is -1.14. The fourth-order valence-electron chi connectivity index (χ4n) is 1.04. The Labute approximate surface area is 89.5 Å². The lowest BCUT2D eigenvalue weighted by molar-refractivity contribution is -0.121. The summed E-state index contributed by atoms with van der Waals surface area (Å²) < 4.78 is 0. The second kappa shape index (κ2) is 5.67. The third kappa shape index (κ3) is 4.75. The van der Waals surface area contributed by atoms with E-state index in [2.05, 4.69) is 4.84 Å². The summed E-state index contributed by atoms with van der Waals surface area (Å²) in [5.74, 6) is 4.65. The number of hydrogen-bond acceptors (Lipinski definition) is 5. The molecular formula is C9H19N3O3. The lowest BCUT2D eigenvalue weighted by atomic mass is 9.93. The van der Waals surface area contributed by atoms with Gasteiger partial charge in [0.05, 0.1) is 5.54 Å². The highest BCUT2D eigenvalue weighted by atomic mass is 16.7. The number of hydrogen-bond donors (Lipinski definition) is 2. The van der Waals surface area contributed by atoms with Crippen molar-refractivity contribution in [2.24, 2.45) is 11.6 Å². The van der Waals surface area contributed by atoms with E-state index in [0.29, 0.717) is 19.4 Å². The minimum atomic E-state index is -0.826. The van der Waals surface area contributed by atoms with Gasteiger partial charge in [-0.2, -0.15) is 5.90 Å². The maximum Gasteiger partial charge on any atom is 0.428 e. The average molecular weight is 217 g/mol. The van der Waals surface area contributed by atoms with Crippen LogP contribution < -0.4 is 11.6 Å². The van der Waals surface area contributed by atoms with Crippen LogP contribution in [0.2, 0.25) is 0 Å². The average Bonchev–Trinajstić information content (AvgIpc) is 2.15. The molecule has 0 aliphatic heterocycles. The van der Waals surface area contributed by atoms with Crippen LogP contribution in [-0.4, -0.2) is 35.9 Å². The van der Waals surface area contributed by atoms with Gasteiger partial charge in [0.15, 0.2) is 0 Å². The molecule has 0 bridgehead atoms. The molecule has 0 aromatic heterocycles. The summed E-state index contributed by atoms with van der Waals surface area (Å²) in [5.41, 5.74) is 4.92. The monoisotopic (exact) mass is 217 g/mol. The lowest BCUT2D eigenvalue weighted by Crippen LogP contribution is -2.44. The molecule has 0 spiro atoms. The van der Waals surface area contributed by atoms with Gasteiger partial charge in [0.2, 0.25) is 0 Å². The van der Waals surface area contributed by atoms with E-state index in [0.717, 1.165) is 0 Å². The molecule has 0 saturated carbocycles. The molecular weight excluding hydrogens is 198 g/mol. The first kappa shape index (κ1) is 13.9. The quantitative estimate of drug-likeness (QED) is 0.632. The number of carbonyl (C=O) groups is 2. The van der Waals surface area contributed by atoms with Crippen molar-refractivity contribution in [1.29, 1.82) is 0 Å². The molecule has 0 radical (unpaired) electrons. The van der Waals surface area contributed by atoms with E-state index in [1.807, 2.05) is 0 Å². The highest BCUT2D eigenvalue weighted by Gasteiger charge is 2.23. The molecule has 0 aromatic rings. The number of amides is 1. The molecule has 0 heterocycles. The highest BCUT2D eigenvalue weighted by molar-refractivity contribution is 5.85. The number of Topliss-reactive ketones (excluding diaryl/α,β-unsaturated/α-hetero) is 1. The van der Waals surface area contributed by atoms with Gasteiger partial charge in [-0.25, -0.2) is 4.79 Å². The van der Waals surface area contributed by atoms with E-state index in [4.69, 9.17) is 11.6 Å². The Balaban J connectivity index is 3.89. The van der Waals surface area contributed by atoms with Crippen molar-refractivity contribution in [3.63, 3.8) is 0 Å². The first-order valence-electron chi connectivity index (χ1n) is 4.73. The smallest absolute Gasteiger partial charge is 0.357 e. The molecule has 6 nitrogen and oxygen atoms in total. The molecule has 0 aromatic carbocycles. The Morgan fingerprint density at radius 3 is 2.40 bits per heavy atom. The number of carbonyl (C=O) groups excluding carboxylic acids is 2. The summed E-state index contributed by atoms with van der Waals surface area (Å²) in [4.78, 5) is 27.3. The van der Waals surface area contributed by atoms with Gasteiger partial charge < -0.3 is 15.5 Å². The van der Waals surface area contributed by atoms with Gasteiger partial charge in [0, 0.05) is 13.6 Å². The topological polar surface area (TPSA) is 98.7 Å². The van der Waals surface area contributed by atoms with Crippen LogP contribution in [0.15, 0.2) is 0 Å². The number of rotatable bonds is 5. The molecule has 0 rings (SSSR count). The van der Waals surface area contributed by atoms with Crippen LogP contribution in [0, 0.1) is 0 Å². The maximum atomic E-state index is 11.1. The van der Waals surface area contributed by atoms with Gasteiger partial charge in [-0.05, 0) is 26.7 Å². The van der Waals surface area contributed by atoms with Crippen LogP contribution in [0.4, 0.5) is 4.79 Å². The zero-order valence-electron chi connectivity index (χ0n) is 9.45. The number of nitrogens with two attached hydrogens (primary N) is 2. The van der Waals surface area contributed by atoms with E-state index in [-0.39, 0.29) is 5.78 Å². The van der Waals surface area contributed by atoms with E-state index in [1.165, 1.54) is 11.8 Å². The zero-order valence-corrected chi connectivity index (χ0v) is 9.45. The molecule has 1 amide bonds. The van der Waals surface area contributed by atoms with Crippen LogP contribution in [0.25, 0.3) is 0 Å². The van der Waals surface area contributed by atoms with Gasteiger partial charge in [-0.1, -0.05) is 0 Å². The van der Waals surface area contributed by atoms with Crippen molar-refractivity contribution < 1.29 is 14.4 Å². The predicted molar refractivity (Wildman–Crippen MR) is 55.8 cm³/mol. The van der Waals surface area contributed by atoms with E-state index in [1.54, 1.807) is 14.0 Å². The first-order valence-corrected chi connectivity index (χ1v) is 4.73. The predicted octanol–water partition coefficient (Wildman–Crippen LogP) is 0.0151. The standard InChI is InChI=1S/C9H19N3O3/c1-7(13)9(2,10)5-4-6-12(3)8(14)15-11/h4-6,10-11H2,1-3H3. The summed E-state index contributed by atoms with van der Waals surface area (Å²) in [6.45, 7) is 3.59. The first-order chi connectivity index (χ1) is 6.81. The largest absolute Gasteiger partial charge is 0.428 e. The van der Waals surface area contributed by atoms with Crippen LogP contribution in [0.1, 0.15) is 26.7 Å². The lowest BCUT2D eigenvalue weighted by Gasteiger charge is -2.22. The van der Waals surface area contributed by atoms with Crippen LogP contribution in [0.3, 0.4) is 0 Å². The molecule has 0 saturated heterocycles. The summed E-state index contributed by atoms with van der Waals surface area (Å²) in [6.07, 6.45) is 0.541. The zero-order chi connectivity index (χ0) is 12.1. The third-order valence-corrected chi connectivity index (χ3v) is 2.41. The van der Waals surface area contributed by atoms with Crippen LogP contribution in [-0.2, 0) is 9.63 Å². The maximum absolute atomic E-state index is 11.1. The second-order valence-electron chi connectivity index (χ2n) is 3.88. The van der Waals surface area contributed by atoms with Gasteiger partial charge >= 0.3 is 6.09 Å². The SMILES string of the molecule is CC(=O)C(C)(N)CCCN(C)C(=O)ON. The summed E-state index contributed by atoms with van der Waals surface area (Å²) in [7, 11) is 1.57. The molecule has 0 aliphatic rings. The Morgan fingerprint density at radius 1 is 1.47 bits per heavy atom. The van der Waals surface area contributed by atoms with Gasteiger partial charge in [0.1, 0.15) is 5.78 Å². The highest BCUT2D eigenvalue weighted by Crippen LogP contribution is 2.10. The molecule has 4 N–H and O–H groups in total. The minimum absolute atomic E-state index is 0.0634.